The third kappa shape index (κ3) is 7.30. The number of carbonyl (C=O) groups excluding carboxylic acids is 3. The number of anilines is 2. The van der Waals surface area contributed by atoms with Crippen LogP contribution >= 0.6 is 23.4 Å². The first kappa shape index (κ1) is 30.0. The van der Waals surface area contributed by atoms with Gasteiger partial charge in [-0.25, -0.2) is 13.2 Å². The van der Waals surface area contributed by atoms with Crippen LogP contribution in [0, 0.1) is 0 Å². The fourth-order valence-corrected chi connectivity index (χ4v) is 5.16. The molecule has 4 N–H and O–H groups in total. The average Bonchev–Trinajstić information content (AvgIpc) is 2.93. The van der Waals surface area contributed by atoms with Crippen LogP contribution < -0.4 is 10.6 Å². The van der Waals surface area contributed by atoms with Gasteiger partial charge in [0.25, 0.3) is 5.91 Å². The second-order valence-corrected chi connectivity index (χ2v) is 11.6. The van der Waals surface area contributed by atoms with E-state index in [4.69, 9.17) is 21.4 Å². The number of aromatic hydroxyl groups is 1. The highest BCUT2D eigenvalue weighted by atomic mass is 35.5. The number of aliphatic hydroxyl groups is 1. The molecule has 1 unspecified atom stereocenters. The fourth-order valence-electron chi connectivity index (χ4n) is 3.28. The molecule has 0 aliphatic rings. The van der Waals surface area contributed by atoms with Crippen LogP contribution in [0.2, 0.25) is 5.02 Å². The summed E-state index contributed by atoms with van der Waals surface area (Å²) < 4.78 is 30.6. The number of aliphatic hydroxyl groups excluding tert-OH is 1. The maximum absolute atomic E-state index is 12.9. The van der Waals surface area contributed by atoms with Gasteiger partial charge in [0, 0.05) is 16.5 Å². The molecule has 3 aromatic rings. The van der Waals surface area contributed by atoms with Crippen molar-refractivity contribution in [2.45, 2.75) is 22.0 Å². The Morgan fingerprint density at radius 3 is 2.18 bits per heavy atom. The zero-order chi connectivity index (χ0) is 28.7. The summed E-state index contributed by atoms with van der Waals surface area (Å²) >= 11 is 7.70. The van der Waals surface area contributed by atoms with Crippen molar-refractivity contribution in [2.75, 3.05) is 30.1 Å². The van der Waals surface area contributed by atoms with Gasteiger partial charge in [0.1, 0.15) is 17.6 Å². The normalized spacial score (nSPS) is 11.9. The second kappa shape index (κ2) is 13.0. The van der Waals surface area contributed by atoms with Crippen molar-refractivity contribution in [3.63, 3.8) is 0 Å². The molecule has 0 spiro atoms. The first-order chi connectivity index (χ1) is 18.5. The minimum absolute atomic E-state index is 0.00922. The van der Waals surface area contributed by atoms with Crippen LogP contribution in [0.15, 0.2) is 70.5 Å². The lowest BCUT2D eigenvalue weighted by Gasteiger charge is -2.16. The van der Waals surface area contributed by atoms with Crippen molar-refractivity contribution in [3.8, 4) is 5.75 Å². The molecular weight excluding hydrogens is 568 g/mol. The molecule has 206 valence electrons. The first-order valence-electron chi connectivity index (χ1n) is 11.4. The third-order valence-electron chi connectivity index (χ3n) is 5.52. The monoisotopic (exact) mass is 592 g/mol. The van der Waals surface area contributed by atoms with Crippen LogP contribution in [0.3, 0.4) is 0 Å². The zero-order valence-electron chi connectivity index (χ0n) is 20.8. The number of rotatable bonds is 10. The lowest BCUT2D eigenvalue weighted by atomic mass is 10.1. The third-order valence-corrected chi connectivity index (χ3v) is 8.65. The van der Waals surface area contributed by atoms with E-state index in [1.54, 1.807) is 12.1 Å². The van der Waals surface area contributed by atoms with Crippen LogP contribution in [0.4, 0.5) is 11.4 Å². The Bertz CT molecular complexity index is 1480. The van der Waals surface area contributed by atoms with E-state index >= 15 is 0 Å². The minimum atomic E-state index is -4.00. The lowest BCUT2D eigenvalue weighted by molar-refractivity contribution is -0.115. The van der Waals surface area contributed by atoms with Gasteiger partial charge in [-0.2, -0.15) is 0 Å². The number of hydrogen-bond acceptors (Lipinski definition) is 9. The number of benzene rings is 3. The van der Waals surface area contributed by atoms with Gasteiger partial charge >= 0.3 is 5.97 Å². The van der Waals surface area contributed by atoms with Crippen molar-refractivity contribution in [1.29, 1.82) is 0 Å². The summed E-state index contributed by atoms with van der Waals surface area (Å²) in [5.41, 5.74) is 0.220. The van der Waals surface area contributed by atoms with Crippen molar-refractivity contribution >= 4 is 62.4 Å². The number of sulfone groups is 1. The Morgan fingerprint density at radius 2 is 1.59 bits per heavy atom. The van der Waals surface area contributed by atoms with E-state index in [0.717, 1.165) is 11.0 Å². The van der Waals surface area contributed by atoms with Gasteiger partial charge in [-0.1, -0.05) is 11.6 Å². The van der Waals surface area contributed by atoms with Crippen molar-refractivity contribution in [3.05, 3.63) is 76.8 Å². The van der Waals surface area contributed by atoms with Crippen LogP contribution in [0.5, 0.6) is 5.75 Å². The molecule has 0 bridgehead atoms. The van der Waals surface area contributed by atoms with E-state index in [9.17, 15) is 27.9 Å². The molecule has 0 aromatic heterocycles. The van der Waals surface area contributed by atoms with Gasteiger partial charge in [-0.05, 0) is 67.8 Å². The van der Waals surface area contributed by atoms with Gasteiger partial charge in [0.05, 0.1) is 33.5 Å². The molecular formula is C26H25ClN2O8S2. The summed E-state index contributed by atoms with van der Waals surface area (Å²) in [6.45, 7) is 0.775. The molecule has 3 rings (SSSR count). The van der Waals surface area contributed by atoms with E-state index in [1.807, 2.05) is 6.26 Å². The summed E-state index contributed by atoms with van der Waals surface area (Å²) in [5.74, 6) is -2.58. The molecule has 0 heterocycles. The highest BCUT2D eigenvalue weighted by molar-refractivity contribution is 7.98. The van der Waals surface area contributed by atoms with Crippen LogP contribution in [-0.4, -0.2) is 61.1 Å². The summed E-state index contributed by atoms with van der Waals surface area (Å²) in [7, 11) is -4.00. The van der Waals surface area contributed by atoms with Crippen molar-refractivity contribution in [2.24, 2.45) is 0 Å². The highest BCUT2D eigenvalue weighted by Crippen LogP contribution is 2.34. The number of esters is 1. The fraction of sp³-hybridized carbons (Fsp3) is 0.192. The summed E-state index contributed by atoms with van der Waals surface area (Å²) in [6.07, 6.45) is 1.86. The first-order valence-corrected chi connectivity index (χ1v) is 14.5. The van der Waals surface area contributed by atoms with Gasteiger partial charge in [-0.15, -0.1) is 11.8 Å². The largest absolute Gasteiger partial charge is 0.506 e. The van der Waals surface area contributed by atoms with E-state index in [-0.39, 0.29) is 45.6 Å². The number of thioether (sulfide) groups is 1. The summed E-state index contributed by atoms with van der Waals surface area (Å²) in [4.78, 5) is 38.0. The van der Waals surface area contributed by atoms with Gasteiger partial charge in [0.15, 0.2) is 9.84 Å². The number of carbonyl (C=O) groups is 3. The second-order valence-electron chi connectivity index (χ2n) is 8.09. The number of phenols is 1. The lowest BCUT2D eigenvalue weighted by Crippen LogP contribution is -2.32. The highest BCUT2D eigenvalue weighted by Gasteiger charge is 2.30. The molecule has 0 aliphatic carbocycles. The van der Waals surface area contributed by atoms with Crippen molar-refractivity contribution < 1.29 is 37.8 Å². The number of hydrogen-bond donors (Lipinski definition) is 4. The molecule has 0 aliphatic heterocycles. The van der Waals surface area contributed by atoms with Crippen molar-refractivity contribution in [1.82, 2.24) is 0 Å². The zero-order valence-corrected chi connectivity index (χ0v) is 23.2. The van der Waals surface area contributed by atoms with Gasteiger partial charge in [-0.3, -0.25) is 9.59 Å². The number of halogens is 1. The SMILES string of the molecule is CSc1ccc(S(=O)(=O)C(C)C(=O)Nc2cc(O)c(NC(=O)c3ccc(C(=O)OCCO)cc3)cc2Cl)cc1. The standard InChI is InChI=1S/C26H25ClN2O8S2/c1-15(39(35,36)19-9-7-18(38-2)8-10-19)24(32)28-21-14-23(31)22(13-20(21)27)29-25(33)16-3-5-17(6-4-16)26(34)37-12-11-30/h3-10,13-15,30-31H,11-12H2,1-2H3,(H,28,32)(H,29,33). The van der Waals surface area contributed by atoms with E-state index in [2.05, 4.69) is 10.6 Å². The Hall–Kier alpha value is -3.58. The van der Waals surface area contributed by atoms with Gasteiger partial charge in [0.2, 0.25) is 5.91 Å². The van der Waals surface area contributed by atoms with Gasteiger partial charge < -0.3 is 25.6 Å². The number of nitrogens with one attached hydrogen (secondary N) is 2. The summed E-state index contributed by atoms with van der Waals surface area (Å²) in [5, 5.41) is 22.5. The predicted molar refractivity (Wildman–Crippen MR) is 148 cm³/mol. The Morgan fingerprint density at radius 1 is 0.974 bits per heavy atom. The molecule has 0 fully saturated rings. The molecule has 0 saturated carbocycles. The molecule has 10 nitrogen and oxygen atoms in total. The molecule has 13 heteroatoms. The predicted octanol–water partition coefficient (Wildman–Crippen LogP) is 3.97. The molecule has 1 atom stereocenters. The maximum atomic E-state index is 12.9. The Kier molecular flexibility index (Phi) is 9.97. The average molecular weight is 593 g/mol. The maximum Gasteiger partial charge on any atom is 0.338 e. The van der Waals surface area contributed by atoms with E-state index in [1.165, 1.54) is 61.2 Å². The molecule has 3 aromatic carbocycles. The van der Waals surface area contributed by atoms with E-state index < -0.39 is 38.6 Å². The quantitative estimate of drug-likeness (QED) is 0.155. The molecule has 2 amide bonds. The number of phenolic OH excluding ortho intramolecular Hbond substituents is 1. The molecule has 0 radical (unpaired) electrons. The number of amides is 2. The Labute approximate surface area is 234 Å². The smallest absolute Gasteiger partial charge is 0.338 e. The van der Waals surface area contributed by atoms with Crippen LogP contribution in [0.25, 0.3) is 0 Å². The van der Waals surface area contributed by atoms with Crippen LogP contribution in [0.1, 0.15) is 27.6 Å². The molecule has 39 heavy (non-hydrogen) atoms. The molecule has 0 saturated heterocycles. The Balaban J connectivity index is 1.70. The van der Waals surface area contributed by atoms with E-state index in [0.29, 0.717) is 0 Å². The number of ether oxygens (including phenoxy) is 1. The van der Waals surface area contributed by atoms with Crippen LogP contribution in [-0.2, 0) is 19.4 Å². The summed E-state index contributed by atoms with van der Waals surface area (Å²) in [6, 6.07) is 13.9. The topological polar surface area (TPSA) is 159 Å². The minimum Gasteiger partial charge on any atom is -0.506 e.